The average molecular weight is 369 g/mol. The lowest BCUT2D eigenvalue weighted by Gasteiger charge is -2.41. The van der Waals surface area contributed by atoms with Crippen LogP contribution in [0.1, 0.15) is 38.2 Å². The second-order valence-corrected chi connectivity index (χ2v) is 7.49. The summed E-state index contributed by atoms with van der Waals surface area (Å²) in [6.07, 6.45) is 3.84. The van der Waals surface area contributed by atoms with E-state index in [4.69, 9.17) is 0 Å². The van der Waals surface area contributed by atoms with Gasteiger partial charge in [0.15, 0.2) is 0 Å². The van der Waals surface area contributed by atoms with Gasteiger partial charge in [-0.15, -0.1) is 0 Å². The third-order valence-corrected chi connectivity index (χ3v) is 5.76. The van der Waals surface area contributed by atoms with Crippen LogP contribution in [0.5, 0.6) is 0 Å². The molecule has 2 N–H and O–H groups in total. The Labute approximate surface area is 160 Å². The van der Waals surface area contributed by atoms with Crippen molar-refractivity contribution in [2.45, 2.75) is 50.1 Å². The molecule has 2 atom stereocenters. The van der Waals surface area contributed by atoms with Crippen LogP contribution in [0.15, 0.2) is 43.0 Å². The molecule has 0 aliphatic carbocycles. The van der Waals surface area contributed by atoms with Gasteiger partial charge in [0.05, 0.1) is 5.41 Å². The molecular weight excluding hydrogens is 342 g/mol. The van der Waals surface area contributed by atoms with E-state index in [-0.39, 0.29) is 23.8 Å². The summed E-state index contributed by atoms with van der Waals surface area (Å²) in [5.74, 6) is -0.364. The normalized spacial score (nSPS) is 24.6. The van der Waals surface area contributed by atoms with Crippen LogP contribution in [0, 0.1) is 0 Å². The molecule has 2 heterocycles. The van der Waals surface area contributed by atoms with Crippen LogP contribution < -0.4 is 10.6 Å². The van der Waals surface area contributed by atoms with Crippen molar-refractivity contribution >= 4 is 17.7 Å². The quantitative estimate of drug-likeness (QED) is 0.790. The lowest BCUT2D eigenvalue weighted by molar-refractivity contribution is -0.136. The zero-order valence-electron chi connectivity index (χ0n) is 15.7. The Morgan fingerprint density at radius 2 is 1.89 bits per heavy atom. The van der Waals surface area contributed by atoms with Crippen molar-refractivity contribution in [2.75, 3.05) is 13.1 Å². The van der Waals surface area contributed by atoms with E-state index >= 15 is 0 Å². The molecule has 0 bridgehead atoms. The zero-order chi connectivity index (χ0) is 19.4. The fraction of sp³-hybridized carbons (Fsp3) is 0.476. The molecule has 6 heteroatoms. The van der Waals surface area contributed by atoms with Crippen LogP contribution in [0.3, 0.4) is 0 Å². The predicted molar refractivity (Wildman–Crippen MR) is 103 cm³/mol. The molecule has 2 aliphatic heterocycles. The summed E-state index contributed by atoms with van der Waals surface area (Å²) in [6, 6.07) is 9.30. The van der Waals surface area contributed by atoms with E-state index in [2.05, 4.69) is 17.2 Å². The van der Waals surface area contributed by atoms with Crippen molar-refractivity contribution in [2.24, 2.45) is 0 Å². The molecule has 1 aromatic carbocycles. The first-order valence-electron chi connectivity index (χ1n) is 9.54. The second-order valence-electron chi connectivity index (χ2n) is 7.49. The molecular formula is C21H27N3O3. The molecule has 2 unspecified atom stereocenters. The Kier molecular flexibility index (Phi) is 5.63. The standard InChI is InChI=1S/C21H27N3O3/c1-3-18(25)24-13-11-21(12-14-24,16-7-5-4-6-8-16)20(27)23-17-10-9-15(2)22-19(17)26/h3-8,15,17H,1,9-14H2,2H3,(H,22,26)(H,23,27). The molecule has 6 nitrogen and oxygen atoms in total. The van der Waals surface area contributed by atoms with Gasteiger partial charge in [-0.1, -0.05) is 36.9 Å². The van der Waals surface area contributed by atoms with E-state index in [0.717, 1.165) is 12.0 Å². The maximum Gasteiger partial charge on any atom is 0.245 e. The van der Waals surface area contributed by atoms with Crippen LogP contribution in [0.4, 0.5) is 0 Å². The molecule has 0 aromatic heterocycles. The molecule has 144 valence electrons. The monoisotopic (exact) mass is 369 g/mol. The number of nitrogens with one attached hydrogen (secondary N) is 2. The van der Waals surface area contributed by atoms with Gasteiger partial charge < -0.3 is 15.5 Å². The number of rotatable bonds is 4. The summed E-state index contributed by atoms with van der Waals surface area (Å²) < 4.78 is 0. The largest absolute Gasteiger partial charge is 0.352 e. The third kappa shape index (κ3) is 3.89. The minimum atomic E-state index is -0.734. The lowest BCUT2D eigenvalue weighted by Crippen LogP contribution is -2.59. The molecule has 1 aromatic rings. The molecule has 2 fully saturated rings. The Morgan fingerprint density at radius 1 is 1.22 bits per heavy atom. The number of benzene rings is 1. The second kappa shape index (κ2) is 7.94. The minimum Gasteiger partial charge on any atom is -0.352 e. The van der Waals surface area contributed by atoms with Crippen molar-refractivity contribution in [1.29, 1.82) is 0 Å². The molecule has 2 aliphatic rings. The van der Waals surface area contributed by atoms with E-state index in [9.17, 15) is 14.4 Å². The first kappa shape index (κ1) is 19.1. The number of carbonyl (C=O) groups excluding carboxylic acids is 3. The highest BCUT2D eigenvalue weighted by Crippen LogP contribution is 2.36. The maximum absolute atomic E-state index is 13.3. The Hall–Kier alpha value is -2.63. The van der Waals surface area contributed by atoms with Gasteiger partial charge in [0, 0.05) is 19.1 Å². The Morgan fingerprint density at radius 3 is 2.48 bits per heavy atom. The molecule has 27 heavy (non-hydrogen) atoms. The molecule has 3 rings (SSSR count). The summed E-state index contributed by atoms with van der Waals surface area (Å²) >= 11 is 0. The molecule has 0 radical (unpaired) electrons. The first-order valence-corrected chi connectivity index (χ1v) is 9.54. The van der Waals surface area contributed by atoms with E-state index in [1.165, 1.54) is 6.08 Å². The number of likely N-dealkylation sites (tertiary alicyclic amines) is 1. The predicted octanol–water partition coefficient (Wildman–Crippen LogP) is 1.52. The van der Waals surface area contributed by atoms with Crippen LogP contribution in [0.2, 0.25) is 0 Å². The minimum absolute atomic E-state index is 0.113. The number of piperidine rings is 2. The maximum atomic E-state index is 13.3. The van der Waals surface area contributed by atoms with Gasteiger partial charge in [0.1, 0.15) is 6.04 Å². The highest BCUT2D eigenvalue weighted by molar-refractivity contribution is 5.94. The topological polar surface area (TPSA) is 78.5 Å². The van der Waals surface area contributed by atoms with Crippen molar-refractivity contribution in [3.05, 3.63) is 48.6 Å². The third-order valence-electron chi connectivity index (χ3n) is 5.76. The summed E-state index contributed by atoms with van der Waals surface area (Å²) in [7, 11) is 0. The van der Waals surface area contributed by atoms with Gasteiger partial charge in [-0.2, -0.15) is 0 Å². The van der Waals surface area contributed by atoms with E-state index in [1.807, 2.05) is 37.3 Å². The lowest BCUT2D eigenvalue weighted by atomic mass is 9.71. The Bertz CT molecular complexity index is 723. The first-order chi connectivity index (χ1) is 13.0. The number of hydrogen-bond donors (Lipinski definition) is 2. The van der Waals surface area contributed by atoms with Gasteiger partial charge in [-0.3, -0.25) is 14.4 Å². The summed E-state index contributed by atoms with van der Waals surface area (Å²) in [4.78, 5) is 39.2. The van der Waals surface area contributed by atoms with Gasteiger partial charge in [0.2, 0.25) is 17.7 Å². The van der Waals surface area contributed by atoms with Gasteiger partial charge >= 0.3 is 0 Å². The van der Waals surface area contributed by atoms with E-state index in [1.54, 1.807) is 4.90 Å². The Balaban J connectivity index is 1.81. The summed E-state index contributed by atoms with van der Waals surface area (Å²) in [5.41, 5.74) is 0.195. The van der Waals surface area contributed by atoms with Gasteiger partial charge in [-0.05, 0) is 44.2 Å². The molecule has 2 saturated heterocycles. The van der Waals surface area contributed by atoms with Gasteiger partial charge in [-0.25, -0.2) is 0 Å². The zero-order valence-corrected chi connectivity index (χ0v) is 15.7. The number of amides is 3. The van der Waals surface area contributed by atoms with Crippen molar-refractivity contribution in [3.63, 3.8) is 0 Å². The van der Waals surface area contributed by atoms with Crippen LogP contribution >= 0.6 is 0 Å². The van der Waals surface area contributed by atoms with E-state index in [0.29, 0.717) is 32.4 Å². The fourth-order valence-electron chi connectivity index (χ4n) is 4.04. The molecule has 0 saturated carbocycles. The SMILES string of the molecule is C=CC(=O)N1CCC(C(=O)NC2CCC(C)NC2=O)(c2ccccc2)CC1. The molecule has 0 spiro atoms. The van der Waals surface area contributed by atoms with Crippen LogP contribution in [-0.2, 0) is 19.8 Å². The van der Waals surface area contributed by atoms with Crippen LogP contribution in [-0.4, -0.2) is 47.8 Å². The summed E-state index contributed by atoms with van der Waals surface area (Å²) in [5, 5.41) is 5.88. The fourth-order valence-corrected chi connectivity index (χ4v) is 4.04. The van der Waals surface area contributed by atoms with Gasteiger partial charge in [0.25, 0.3) is 0 Å². The van der Waals surface area contributed by atoms with Crippen molar-refractivity contribution < 1.29 is 14.4 Å². The summed E-state index contributed by atoms with van der Waals surface area (Å²) in [6.45, 7) is 6.48. The van der Waals surface area contributed by atoms with Crippen molar-refractivity contribution in [3.8, 4) is 0 Å². The number of carbonyl (C=O) groups is 3. The number of hydrogen-bond acceptors (Lipinski definition) is 3. The van der Waals surface area contributed by atoms with Crippen molar-refractivity contribution in [1.82, 2.24) is 15.5 Å². The highest BCUT2D eigenvalue weighted by Gasteiger charge is 2.44. The van der Waals surface area contributed by atoms with E-state index < -0.39 is 11.5 Å². The number of nitrogens with zero attached hydrogens (tertiary/aromatic N) is 1. The smallest absolute Gasteiger partial charge is 0.245 e. The highest BCUT2D eigenvalue weighted by atomic mass is 16.2. The molecule has 3 amide bonds. The average Bonchev–Trinajstić information content (AvgIpc) is 2.70. The van der Waals surface area contributed by atoms with Crippen LogP contribution in [0.25, 0.3) is 0 Å².